The fourth-order valence-corrected chi connectivity index (χ4v) is 3.79. The third-order valence-electron chi connectivity index (χ3n) is 5.45. The lowest BCUT2D eigenvalue weighted by Gasteiger charge is -2.31. The molecule has 0 aromatic heterocycles. The van der Waals surface area contributed by atoms with Crippen molar-refractivity contribution in [3.8, 4) is 0 Å². The Labute approximate surface area is 116 Å². The maximum absolute atomic E-state index is 12.1. The lowest BCUT2D eigenvalue weighted by Crippen LogP contribution is -2.51. The molecule has 0 spiro atoms. The normalized spacial score (nSPS) is 36.0. The van der Waals surface area contributed by atoms with Crippen LogP contribution in [0.25, 0.3) is 0 Å². The number of hydrogen-bond acceptors (Lipinski definition) is 2. The molecule has 4 heteroatoms. The molecule has 2 aliphatic rings. The van der Waals surface area contributed by atoms with Crippen molar-refractivity contribution in [1.82, 2.24) is 10.6 Å². The van der Waals surface area contributed by atoms with Crippen LogP contribution in [0.3, 0.4) is 0 Å². The number of rotatable bonds is 5. The van der Waals surface area contributed by atoms with Gasteiger partial charge in [0.05, 0.1) is 0 Å². The van der Waals surface area contributed by atoms with Crippen molar-refractivity contribution >= 4 is 6.03 Å². The number of aliphatic hydroxyl groups excluding tert-OH is 1. The molecule has 2 saturated carbocycles. The van der Waals surface area contributed by atoms with Gasteiger partial charge in [0.1, 0.15) is 0 Å². The second kappa shape index (κ2) is 6.12. The van der Waals surface area contributed by atoms with Gasteiger partial charge in [-0.25, -0.2) is 4.79 Å². The highest BCUT2D eigenvalue weighted by atomic mass is 16.3. The largest absolute Gasteiger partial charge is 0.396 e. The Bertz CT molecular complexity index is 321. The van der Waals surface area contributed by atoms with E-state index in [1.165, 1.54) is 19.3 Å². The van der Waals surface area contributed by atoms with Gasteiger partial charge in [-0.2, -0.15) is 0 Å². The fourth-order valence-electron chi connectivity index (χ4n) is 3.79. The summed E-state index contributed by atoms with van der Waals surface area (Å²) in [5, 5.41) is 15.6. The topological polar surface area (TPSA) is 61.4 Å². The molecule has 6 unspecified atom stereocenters. The molecule has 2 bridgehead atoms. The van der Waals surface area contributed by atoms with Gasteiger partial charge < -0.3 is 15.7 Å². The first-order valence-corrected chi connectivity index (χ1v) is 7.74. The zero-order valence-corrected chi connectivity index (χ0v) is 12.4. The van der Waals surface area contributed by atoms with Crippen molar-refractivity contribution < 1.29 is 9.90 Å². The molecule has 0 aromatic rings. The second-order valence-electron chi connectivity index (χ2n) is 6.50. The first-order valence-electron chi connectivity index (χ1n) is 7.74. The molecular weight excluding hydrogens is 240 g/mol. The van der Waals surface area contributed by atoms with Crippen LogP contribution >= 0.6 is 0 Å². The molecule has 0 radical (unpaired) electrons. The van der Waals surface area contributed by atoms with Crippen LogP contribution in [-0.4, -0.2) is 29.8 Å². The third-order valence-corrected chi connectivity index (χ3v) is 5.45. The van der Waals surface area contributed by atoms with Gasteiger partial charge in [-0.05, 0) is 43.9 Å². The van der Waals surface area contributed by atoms with E-state index in [0.717, 1.165) is 6.42 Å². The maximum Gasteiger partial charge on any atom is 0.315 e. The third kappa shape index (κ3) is 3.04. The van der Waals surface area contributed by atoms with Gasteiger partial charge in [0.2, 0.25) is 0 Å². The molecule has 2 rings (SSSR count). The summed E-state index contributed by atoms with van der Waals surface area (Å²) in [5.41, 5.74) is 0. The predicted molar refractivity (Wildman–Crippen MR) is 75.8 cm³/mol. The molecule has 2 fully saturated rings. The Morgan fingerprint density at radius 2 is 2.00 bits per heavy atom. The minimum absolute atomic E-state index is 0.0659. The highest BCUT2D eigenvalue weighted by molar-refractivity contribution is 5.74. The number of hydrogen-bond donors (Lipinski definition) is 3. The highest BCUT2D eigenvalue weighted by Gasteiger charge is 2.47. The van der Waals surface area contributed by atoms with E-state index in [1.807, 2.05) is 0 Å². The Morgan fingerprint density at radius 1 is 1.32 bits per heavy atom. The van der Waals surface area contributed by atoms with Crippen molar-refractivity contribution in [3.63, 3.8) is 0 Å². The van der Waals surface area contributed by atoms with E-state index >= 15 is 0 Å². The van der Waals surface area contributed by atoms with Crippen LogP contribution < -0.4 is 10.6 Å². The van der Waals surface area contributed by atoms with Gasteiger partial charge in [-0.3, -0.25) is 0 Å². The summed E-state index contributed by atoms with van der Waals surface area (Å²) in [6, 6.07) is 0.299. The smallest absolute Gasteiger partial charge is 0.315 e. The van der Waals surface area contributed by atoms with Crippen LogP contribution in [0.1, 0.15) is 46.5 Å². The molecule has 0 aromatic carbocycles. The quantitative estimate of drug-likeness (QED) is 0.715. The van der Waals surface area contributed by atoms with Crippen molar-refractivity contribution in [3.05, 3.63) is 0 Å². The summed E-state index contributed by atoms with van der Waals surface area (Å²) in [5.74, 6) is 1.95. The summed E-state index contributed by atoms with van der Waals surface area (Å²) in [6.07, 6.45) is 4.66. The first kappa shape index (κ1) is 14.6. The maximum atomic E-state index is 12.1. The molecule has 4 nitrogen and oxygen atoms in total. The van der Waals surface area contributed by atoms with E-state index in [2.05, 4.69) is 31.4 Å². The monoisotopic (exact) mass is 268 g/mol. The fraction of sp³-hybridized carbons (Fsp3) is 0.933. The molecule has 110 valence electrons. The molecule has 19 heavy (non-hydrogen) atoms. The lowest BCUT2D eigenvalue weighted by molar-refractivity contribution is 0.143. The average Bonchev–Trinajstić information content (AvgIpc) is 2.98. The Balaban J connectivity index is 1.85. The number of nitrogens with one attached hydrogen (secondary N) is 2. The molecule has 6 atom stereocenters. The van der Waals surface area contributed by atoms with Crippen LogP contribution in [0.5, 0.6) is 0 Å². The molecule has 3 N–H and O–H groups in total. The van der Waals surface area contributed by atoms with Gasteiger partial charge in [-0.1, -0.05) is 20.3 Å². The highest BCUT2D eigenvalue weighted by Crippen LogP contribution is 2.48. The molecule has 2 aliphatic carbocycles. The number of aliphatic hydroxyl groups is 1. The zero-order valence-electron chi connectivity index (χ0n) is 12.4. The van der Waals surface area contributed by atoms with Crippen molar-refractivity contribution in [2.45, 2.75) is 58.5 Å². The SMILES string of the molecule is CCC(C)C(C)NC(=O)NC1C2CCC(C2)C1CO. The Kier molecular flexibility index (Phi) is 4.71. The number of amides is 2. The van der Waals surface area contributed by atoms with Gasteiger partial charge in [0.15, 0.2) is 0 Å². The number of urea groups is 1. The zero-order chi connectivity index (χ0) is 14.0. The van der Waals surface area contributed by atoms with Crippen LogP contribution in [0.2, 0.25) is 0 Å². The van der Waals surface area contributed by atoms with E-state index < -0.39 is 0 Å². The van der Waals surface area contributed by atoms with Gasteiger partial charge in [0.25, 0.3) is 0 Å². The van der Waals surface area contributed by atoms with Gasteiger partial charge in [-0.15, -0.1) is 0 Å². The molecule has 0 aliphatic heterocycles. The predicted octanol–water partition coefficient (Wildman–Crippen LogP) is 2.13. The van der Waals surface area contributed by atoms with E-state index in [9.17, 15) is 9.90 Å². The van der Waals surface area contributed by atoms with Gasteiger partial charge in [0, 0.05) is 24.6 Å². The van der Waals surface area contributed by atoms with E-state index in [4.69, 9.17) is 0 Å². The standard InChI is InChI=1S/C15H28N2O2/c1-4-9(2)10(3)16-15(19)17-14-12-6-5-11(7-12)13(14)8-18/h9-14,18H,4-8H2,1-3H3,(H2,16,17,19). The van der Waals surface area contributed by atoms with E-state index in [1.54, 1.807) is 0 Å². The minimum atomic E-state index is -0.0659. The molecule has 0 heterocycles. The van der Waals surface area contributed by atoms with E-state index in [0.29, 0.717) is 17.8 Å². The average molecular weight is 268 g/mol. The van der Waals surface area contributed by atoms with Crippen LogP contribution in [0, 0.1) is 23.7 Å². The molecule has 2 amide bonds. The Hall–Kier alpha value is -0.770. The summed E-state index contributed by atoms with van der Waals surface area (Å²) >= 11 is 0. The summed E-state index contributed by atoms with van der Waals surface area (Å²) < 4.78 is 0. The number of carbonyl (C=O) groups is 1. The number of fused-ring (bicyclic) bond motifs is 2. The molecular formula is C15H28N2O2. The molecule has 0 saturated heterocycles. The van der Waals surface area contributed by atoms with Crippen molar-refractivity contribution in [1.29, 1.82) is 0 Å². The summed E-state index contributed by atoms with van der Waals surface area (Å²) in [7, 11) is 0. The van der Waals surface area contributed by atoms with Crippen LogP contribution in [-0.2, 0) is 0 Å². The lowest BCUT2D eigenvalue weighted by atomic mass is 9.85. The van der Waals surface area contributed by atoms with Crippen molar-refractivity contribution in [2.75, 3.05) is 6.61 Å². The minimum Gasteiger partial charge on any atom is -0.396 e. The summed E-state index contributed by atoms with van der Waals surface area (Å²) in [4.78, 5) is 12.1. The van der Waals surface area contributed by atoms with Crippen molar-refractivity contribution in [2.24, 2.45) is 23.7 Å². The second-order valence-corrected chi connectivity index (χ2v) is 6.50. The van der Waals surface area contributed by atoms with Crippen LogP contribution in [0.4, 0.5) is 4.79 Å². The Morgan fingerprint density at radius 3 is 2.63 bits per heavy atom. The number of carbonyl (C=O) groups excluding carboxylic acids is 1. The van der Waals surface area contributed by atoms with E-state index in [-0.39, 0.29) is 30.6 Å². The van der Waals surface area contributed by atoms with Crippen LogP contribution in [0.15, 0.2) is 0 Å². The van der Waals surface area contributed by atoms with Gasteiger partial charge >= 0.3 is 6.03 Å². The summed E-state index contributed by atoms with van der Waals surface area (Å²) in [6.45, 7) is 6.54. The first-order chi connectivity index (χ1) is 9.06.